The molecule has 0 saturated carbocycles. The summed E-state index contributed by atoms with van der Waals surface area (Å²) < 4.78 is 27.6. The second kappa shape index (κ2) is 9.45. The number of amides is 1. The van der Waals surface area contributed by atoms with Crippen LogP contribution in [0.15, 0.2) is 83.8 Å². The van der Waals surface area contributed by atoms with Crippen molar-refractivity contribution in [1.82, 2.24) is 5.32 Å². The van der Waals surface area contributed by atoms with Gasteiger partial charge < -0.3 is 10.2 Å². The van der Waals surface area contributed by atoms with E-state index < -0.39 is 10.0 Å². The van der Waals surface area contributed by atoms with E-state index in [-0.39, 0.29) is 10.8 Å². The summed E-state index contributed by atoms with van der Waals surface area (Å²) in [5, 5.41) is 2.86. The van der Waals surface area contributed by atoms with Crippen molar-refractivity contribution in [2.75, 3.05) is 29.8 Å². The lowest BCUT2D eigenvalue weighted by atomic mass is 10.2. The van der Waals surface area contributed by atoms with Gasteiger partial charge in [-0.15, -0.1) is 0 Å². The minimum absolute atomic E-state index is 0.100. The summed E-state index contributed by atoms with van der Waals surface area (Å²) in [5.41, 5.74) is 3.02. The molecule has 0 aliphatic heterocycles. The molecular weight excluding hydrogens is 398 g/mol. The van der Waals surface area contributed by atoms with E-state index in [0.717, 1.165) is 11.3 Å². The summed E-state index contributed by atoms with van der Waals surface area (Å²) in [7, 11) is -1.76. The molecule has 0 aliphatic carbocycles. The number of carbonyl (C=O) groups excluding carboxylic acids is 1. The van der Waals surface area contributed by atoms with Crippen LogP contribution >= 0.6 is 0 Å². The highest BCUT2D eigenvalue weighted by Crippen LogP contribution is 2.17. The second-order valence-corrected chi connectivity index (χ2v) is 8.69. The number of carbonyl (C=O) groups is 1. The number of nitrogens with zero attached hydrogens (tertiary/aromatic N) is 1. The highest BCUT2D eigenvalue weighted by atomic mass is 32.2. The first-order valence-corrected chi connectivity index (χ1v) is 11.1. The first-order valence-electron chi connectivity index (χ1n) is 9.59. The highest BCUT2D eigenvalue weighted by Gasteiger charge is 2.15. The molecule has 0 heterocycles. The quantitative estimate of drug-likeness (QED) is 0.580. The minimum atomic E-state index is -3.72. The Balaban J connectivity index is 1.56. The average molecular weight is 424 g/mol. The summed E-state index contributed by atoms with van der Waals surface area (Å²) in [5.74, 6) is -0.244. The van der Waals surface area contributed by atoms with Crippen molar-refractivity contribution >= 4 is 27.3 Å². The van der Waals surface area contributed by atoms with Crippen LogP contribution < -0.4 is 14.9 Å². The Bertz CT molecular complexity index is 1080. The smallest absolute Gasteiger partial charge is 0.261 e. The second-order valence-electron chi connectivity index (χ2n) is 7.01. The van der Waals surface area contributed by atoms with Crippen LogP contribution in [0.25, 0.3) is 0 Å². The van der Waals surface area contributed by atoms with E-state index in [1.54, 1.807) is 12.1 Å². The van der Waals surface area contributed by atoms with Crippen LogP contribution in [0.5, 0.6) is 0 Å². The van der Waals surface area contributed by atoms with Crippen molar-refractivity contribution in [2.45, 2.75) is 11.8 Å². The maximum Gasteiger partial charge on any atom is 0.261 e. The SMILES string of the molecule is Cc1ccc(NS(=O)(=O)c2ccc(C(=O)NCCN(C)c3ccccc3)cc2)cc1. The van der Waals surface area contributed by atoms with Crippen molar-refractivity contribution in [3.05, 3.63) is 90.0 Å². The Labute approximate surface area is 177 Å². The average Bonchev–Trinajstić information content (AvgIpc) is 2.76. The third-order valence-corrected chi connectivity index (χ3v) is 6.06. The Morgan fingerprint density at radius 2 is 1.53 bits per heavy atom. The first-order chi connectivity index (χ1) is 14.3. The van der Waals surface area contributed by atoms with Gasteiger partial charge >= 0.3 is 0 Å². The zero-order valence-electron chi connectivity index (χ0n) is 17.0. The van der Waals surface area contributed by atoms with Crippen LogP contribution in [-0.4, -0.2) is 34.5 Å². The Morgan fingerprint density at radius 3 is 2.17 bits per heavy atom. The number of aryl methyl sites for hydroxylation is 1. The molecule has 7 heteroatoms. The maximum atomic E-state index is 12.5. The lowest BCUT2D eigenvalue weighted by molar-refractivity contribution is 0.0954. The maximum absolute atomic E-state index is 12.5. The normalized spacial score (nSPS) is 11.0. The topological polar surface area (TPSA) is 78.5 Å². The van der Waals surface area contributed by atoms with Crippen LogP contribution in [0.1, 0.15) is 15.9 Å². The van der Waals surface area contributed by atoms with Crippen LogP contribution in [0.2, 0.25) is 0 Å². The molecule has 0 aliphatic rings. The highest BCUT2D eigenvalue weighted by molar-refractivity contribution is 7.92. The summed E-state index contributed by atoms with van der Waals surface area (Å²) in [6, 6.07) is 22.9. The van der Waals surface area contributed by atoms with E-state index in [9.17, 15) is 13.2 Å². The molecule has 0 atom stereocenters. The number of sulfonamides is 1. The molecule has 6 nitrogen and oxygen atoms in total. The van der Waals surface area contributed by atoms with Crippen LogP contribution in [0.4, 0.5) is 11.4 Å². The lowest BCUT2D eigenvalue weighted by Crippen LogP contribution is -2.33. The number of rotatable bonds is 8. The molecule has 3 aromatic rings. The number of para-hydroxylation sites is 1. The third-order valence-electron chi connectivity index (χ3n) is 4.66. The summed E-state index contributed by atoms with van der Waals surface area (Å²) in [4.78, 5) is 14.5. The largest absolute Gasteiger partial charge is 0.373 e. The van der Waals surface area contributed by atoms with Gasteiger partial charge in [0.15, 0.2) is 0 Å². The molecule has 0 fully saturated rings. The molecule has 0 saturated heterocycles. The number of benzene rings is 3. The lowest BCUT2D eigenvalue weighted by Gasteiger charge is -2.19. The standard InChI is InChI=1S/C23H25N3O3S/c1-18-8-12-20(13-9-18)25-30(28,29)22-14-10-19(11-15-22)23(27)24-16-17-26(2)21-6-4-3-5-7-21/h3-15,25H,16-17H2,1-2H3,(H,24,27). The summed E-state index contributed by atoms with van der Waals surface area (Å²) >= 11 is 0. The van der Waals surface area contributed by atoms with Gasteiger partial charge in [0, 0.05) is 37.1 Å². The van der Waals surface area contributed by atoms with Gasteiger partial charge in [-0.2, -0.15) is 0 Å². The van der Waals surface area contributed by atoms with Crippen molar-refractivity contribution in [3.8, 4) is 0 Å². The van der Waals surface area contributed by atoms with Gasteiger partial charge in [0.05, 0.1) is 4.90 Å². The summed E-state index contributed by atoms with van der Waals surface area (Å²) in [6.07, 6.45) is 0. The van der Waals surface area contributed by atoms with Crippen molar-refractivity contribution in [3.63, 3.8) is 0 Å². The number of hydrogen-bond donors (Lipinski definition) is 2. The molecule has 1 amide bonds. The molecule has 0 radical (unpaired) electrons. The zero-order chi connectivity index (χ0) is 21.6. The van der Waals surface area contributed by atoms with E-state index >= 15 is 0 Å². The van der Waals surface area contributed by atoms with Gasteiger partial charge in [-0.3, -0.25) is 9.52 Å². The molecule has 30 heavy (non-hydrogen) atoms. The molecule has 0 unspecified atom stereocenters. The summed E-state index contributed by atoms with van der Waals surface area (Å²) in [6.45, 7) is 3.06. The molecule has 0 spiro atoms. The predicted octanol–water partition coefficient (Wildman–Crippen LogP) is 3.66. The van der Waals surface area contributed by atoms with Crippen molar-refractivity contribution < 1.29 is 13.2 Å². The van der Waals surface area contributed by atoms with Gasteiger partial charge in [0.1, 0.15) is 0 Å². The number of likely N-dealkylation sites (N-methyl/N-ethyl adjacent to an activating group) is 1. The van der Waals surface area contributed by atoms with Gasteiger partial charge in [0.2, 0.25) is 0 Å². The molecule has 0 aromatic heterocycles. The Morgan fingerprint density at radius 1 is 0.900 bits per heavy atom. The molecule has 156 valence electrons. The molecular formula is C23H25N3O3S. The number of anilines is 2. The van der Waals surface area contributed by atoms with Gasteiger partial charge in [0.25, 0.3) is 15.9 Å². The number of hydrogen-bond acceptors (Lipinski definition) is 4. The van der Waals surface area contributed by atoms with Crippen LogP contribution in [-0.2, 0) is 10.0 Å². The Kier molecular flexibility index (Phi) is 6.74. The molecule has 3 aromatic carbocycles. The minimum Gasteiger partial charge on any atom is -0.373 e. The van der Waals surface area contributed by atoms with E-state index in [1.807, 2.05) is 61.3 Å². The van der Waals surface area contributed by atoms with Gasteiger partial charge in [-0.25, -0.2) is 8.42 Å². The fraction of sp³-hybridized carbons (Fsp3) is 0.174. The number of nitrogens with one attached hydrogen (secondary N) is 2. The van der Waals surface area contributed by atoms with E-state index in [4.69, 9.17) is 0 Å². The van der Waals surface area contributed by atoms with Gasteiger partial charge in [-0.1, -0.05) is 35.9 Å². The molecule has 3 rings (SSSR count). The third kappa shape index (κ3) is 5.61. The first kappa shape index (κ1) is 21.4. The van der Waals surface area contributed by atoms with Crippen molar-refractivity contribution in [1.29, 1.82) is 0 Å². The zero-order valence-corrected chi connectivity index (χ0v) is 17.8. The molecule has 0 bridgehead atoms. The fourth-order valence-electron chi connectivity index (χ4n) is 2.87. The van der Waals surface area contributed by atoms with Crippen molar-refractivity contribution in [2.24, 2.45) is 0 Å². The van der Waals surface area contributed by atoms with Crippen LogP contribution in [0, 0.1) is 6.92 Å². The Hall–Kier alpha value is -3.32. The molecule has 2 N–H and O–H groups in total. The van der Waals surface area contributed by atoms with E-state index in [2.05, 4.69) is 10.0 Å². The van der Waals surface area contributed by atoms with Gasteiger partial charge in [-0.05, 0) is 55.5 Å². The van der Waals surface area contributed by atoms with E-state index in [0.29, 0.717) is 24.3 Å². The van der Waals surface area contributed by atoms with E-state index in [1.165, 1.54) is 24.3 Å². The predicted molar refractivity (Wildman–Crippen MR) is 120 cm³/mol. The monoisotopic (exact) mass is 423 g/mol. The van der Waals surface area contributed by atoms with Crippen LogP contribution in [0.3, 0.4) is 0 Å². The fourth-order valence-corrected chi connectivity index (χ4v) is 3.93.